The number of carbonyl (C=O) groups excluding carboxylic acids is 1. The van der Waals surface area contributed by atoms with Crippen molar-refractivity contribution >= 4 is 41.2 Å². The van der Waals surface area contributed by atoms with Crippen LogP contribution in [0.2, 0.25) is 5.02 Å². The average Bonchev–Trinajstić information content (AvgIpc) is 3.08. The van der Waals surface area contributed by atoms with E-state index in [1.54, 1.807) is 18.2 Å². The number of amides is 1. The Morgan fingerprint density at radius 2 is 1.96 bits per heavy atom. The van der Waals surface area contributed by atoms with Crippen LogP contribution in [-0.4, -0.2) is 16.1 Å². The fourth-order valence-electron chi connectivity index (χ4n) is 2.29. The molecule has 3 rings (SSSR count). The molecule has 2 aromatic carbocycles. The first kappa shape index (κ1) is 18.8. The molecule has 0 unspecified atom stereocenters. The van der Waals surface area contributed by atoms with Crippen molar-refractivity contribution in [3.05, 3.63) is 82.4 Å². The number of nitrogens with one attached hydrogen (secondary N) is 2. The topological polar surface area (TPSA) is 81.6 Å². The lowest BCUT2D eigenvalue weighted by Gasteiger charge is -2.01. The summed E-state index contributed by atoms with van der Waals surface area (Å²) in [4.78, 5) is 12.1. The minimum atomic E-state index is -0.380. The Morgan fingerprint density at radius 1 is 1.22 bits per heavy atom. The zero-order valence-electron chi connectivity index (χ0n) is 14.1. The summed E-state index contributed by atoms with van der Waals surface area (Å²) in [5.74, 6) is 0.580. The number of aromatic amines is 1. The molecule has 0 aliphatic heterocycles. The van der Waals surface area contributed by atoms with E-state index in [2.05, 4.69) is 21.6 Å². The molecule has 1 amide bonds. The highest BCUT2D eigenvalue weighted by Crippen LogP contribution is 2.28. The maximum Gasteiger partial charge on any atom is 0.249 e. The van der Waals surface area contributed by atoms with E-state index >= 15 is 0 Å². The highest BCUT2D eigenvalue weighted by atomic mass is 35.5. The molecular formula is C20H15ClN4OS. The summed E-state index contributed by atoms with van der Waals surface area (Å²) in [6, 6.07) is 19.2. The molecule has 5 nitrogen and oxygen atoms in total. The van der Waals surface area contributed by atoms with Gasteiger partial charge in [-0.1, -0.05) is 71.9 Å². The lowest BCUT2D eigenvalue weighted by Crippen LogP contribution is -2.09. The zero-order chi connectivity index (χ0) is 19.1. The van der Waals surface area contributed by atoms with Gasteiger partial charge in [0.25, 0.3) is 0 Å². The molecule has 0 spiro atoms. The number of H-pyrrole nitrogens is 1. The molecule has 3 aromatic rings. The van der Waals surface area contributed by atoms with Crippen LogP contribution in [0.25, 0.3) is 6.08 Å². The number of nitrogens with zero attached hydrogens (tertiary/aromatic N) is 2. The molecule has 7 heteroatoms. The highest BCUT2D eigenvalue weighted by Gasteiger charge is 2.15. The third kappa shape index (κ3) is 5.00. The fraction of sp³-hybridized carbons (Fsp3) is 0.0500. The number of thioether (sulfide) groups is 1. The second-order valence-corrected chi connectivity index (χ2v) is 6.88. The Kier molecular flexibility index (Phi) is 6.31. The molecule has 2 N–H and O–H groups in total. The van der Waals surface area contributed by atoms with E-state index < -0.39 is 0 Å². The molecule has 0 aliphatic rings. The van der Waals surface area contributed by atoms with Gasteiger partial charge in [-0.25, -0.2) is 0 Å². The summed E-state index contributed by atoms with van der Waals surface area (Å²) < 4.78 is 0. The summed E-state index contributed by atoms with van der Waals surface area (Å²) >= 11 is 7.49. The van der Waals surface area contributed by atoms with E-state index in [9.17, 15) is 10.1 Å². The van der Waals surface area contributed by atoms with Gasteiger partial charge in [-0.2, -0.15) is 10.4 Å². The number of hydrogen-bond donors (Lipinski definition) is 2. The molecule has 134 valence electrons. The highest BCUT2D eigenvalue weighted by molar-refractivity contribution is 7.98. The molecule has 0 saturated heterocycles. The summed E-state index contributed by atoms with van der Waals surface area (Å²) in [5, 5.41) is 20.0. The maximum atomic E-state index is 12.1. The number of anilines is 1. The third-order valence-corrected chi connectivity index (χ3v) is 5.02. The Morgan fingerprint density at radius 3 is 2.70 bits per heavy atom. The van der Waals surface area contributed by atoms with Crippen LogP contribution in [0, 0.1) is 11.3 Å². The number of nitriles is 1. The van der Waals surface area contributed by atoms with Gasteiger partial charge in [0.1, 0.15) is 22.5 Å². The molecular weight excluding hydrogens is 380 g/mol. The number of aromatic nitrogens is 2. The van der Waals surface area contributed by atoms with Gasteiger partial charge < -0.3 is 5.32 Å². The monoisotopic (exact) mass is 394 g/mol. The largest absolute Gasteiger partial charge is 0.306 e. The quantitative estimate of drug-likeness (QED) is 0.461. The van der Waals surface area contributed by atoms with E-state index in [4.69, 9.17) is 11.6 Å². The van der Waals surface area contributed by atoms with Gasteiger partial charge in [0.05, 0.1) is 0 Å². The summed E-state index contributed by atoms with van der Waals surface area (Å²) in [6.45, 7) is 0. The van der Waals surface area contributed by atoms with Crippen molar-refractivity contribution in [1.82, 2.24) is 10.2 Å². The summed E-state index contributed by atoms with van der Waals surface area (Å²) in [7, 11) is 0. The van der Waals surface area contributed by atoms with Crippen molar-refractivity contribution in [2.75, 3.05) is 5.32 Å². The first-order valence-electron chi connectivity index (χ1n) is 8.06. The van der Waals surface area contributed by atoms with E-state index in [1.165, 1.54) is 17.8 Å². The van der Waals surface area contributed by atoms with Crippen molar-refractivity contribution < 1.29 is 4.79 Å². The Bertz CT molecular complexity index is 1010. The first-order chi connectivity index (χ1) is 13.2. The molecule has 0 saturated carbocycles. The number of benzene rings is 2. The number of halogens is 1. The Hall–Kier alpha value is -3.01. The van der Waals surface area contributed by atoms with Gasteiger partial charge in [0, 0.05) is 16.9 Å². The fourth-order valence-corrected chi connectivity index (χ4v) is 3.39. The average molecular weight is 395 g/mol. The standard InChI is InChI=1S/C20H15ClN4OS/c21-17-9-5-4-8-15(17)10-11-18(26)23-19-16(12-22)20(25-24-19)27-13-14-6-2-1-3-7-14/h1-11H,13H2,(H2,23,24,25,26)/b11-10+. The molecule has 0 bridgehead atoms. The molecule has 0 aliphatic carbocycles. The predicted molar refractivity (Wildman–Crippen MR) is 108 cm³/mol. The van der Waals surface area contributed by atoms with Crippen LogP contribution >= 0.6 is 23.4 Å². The van der Waals surface area contributed by atoms with E-state index in [0.29, 0.717) is 21.4 Å². The van der Waals surface area contributed by atoms with Crippen LogP contribution < -0.4 is 5.32 Å². The van der Waals surface area contributed by atoms with Gasteiger partial charge in [-0.05, 0) is 23.3 Å². The van der Waals surface area contributed by atoms with Gasteiger partial charge in [-0.15, -0.1) is 0 Å². The molecule has 0 atom stereocenters. The van der Waals surface area contributed by atoms with Crippen molar-refractivity contribution in [2.24, 2.45) is 0 Å². The van der Waals surface area contributed by atoms with Gasteiger partial charge >= 0.3 is 0 Å². The lowest BCUT2D eigenvalue weighted by atomic mass is 10.2. The van der Waals surface area contributed by atoms with E-state index in [0.717, 1.165) is 11.1 Å². The number of carbonyl (C=O) groups is 1. The van der Waals surface area contributed by atoms with Gasteiger partial charge in [-0.3, -0.25) is 9.89 Å². The van der Waals surface area contributed by atoms with Crippen molar-refractivity contribution in [1.29, 1.82) is 5.26 Å². The first-order valence-corrected chi connectivity index (χ1v) is 9.42. The van der Waals surface area contributed by atoms with Crippen LogP contribution in [0.3, 0.4) is 0 Å². The smallest absolute Gasteiger partial charge is 0.249 e. The van der Waals surface area contributed by atoms with Crippen molar-refractivity contribution in [2.45, 2.75) is 10.8 Å². The molecule has 1 aromatic heterocycles. The van der Waals surface area contributed by atoms with Gasteiger partial charge in [0.2, 0.25) is 5.91 Å². The normalized spacial score (nSPS) is 10.7. The van der Waals surface area contributed by atoms with Crippen LogP contribution in [0.5, 0.6) is 0 Å². The van der Waals surface area contributed by atoms with Crippen LogP contribution in [-0.2, 0) is 10.5 Å². The predicted octanol–water partition coefficient (Wildman–Crippen LogP) is 4.88. The van der Waals surface area contributed by atoms with E-state index in [1.807, 2.05) is 42.5 Å². The molecule has 1 heterocycles. The second-order valence-electron chi connectivity index (χ2n) is 5.51. The third-order valence-electron chi connectivity index (χ3n) is 3.63. The zero-order valence-corrected chi connectivity index (χ0v) is 15.7. The SMILES string of the molecule is N#Cc1c(SCc2ccccc2)n[nH]c1NC(=O)/C=C/c1ccccc1Cl. The molecule has 0 radical (unpaired) electrons. The maximum absolute atomic E-state index is 12.1. The summed E-state index contributed by atoms with van der Waals surface area (Å²) in [6.07, 6.45) is 2.98. The Labute approximate surface area is 166 Å². The number of rotatable bonds is 6. The van der Waals surface area contributed by atoms with Crippen LogP contribution in [0.15, 0.2) is 65.7 Å². The van der Waals surface area contributed by atoms with Crippen LogP contribution in [0.1, 0.15) is 16.7 Å². The summed E-state index contributed by atoms with van der Waals surface area (Å²) in [5.41, 5.74) is 2.18. The van der Waals surface area contributed by atoms with Crippen LogP contribution in [0.4, 0.5) is 5.82 Å². The van der Waals surface area contributed by atoms with Crippen molar-refractivity contribution in [3.63, 3.8) is 0 Å². The van der Waals surface area contributed by atoms with E-state index in [-0.39, 0.29) is 11.7 Å². The van der Waals surface area contributed by atoms with Gasteiger partial charge in [0.15, 0.2) is 0 Å². The minimum Gasteiger partial charge on any atom is -0.306 e. The van der Waals surface area contributed by atoms with Crippen molar-refractivity contribution in [3.8, 4) is 6.07 Å². The molecule has 0 fully saturated rings. The lowest BCUT2D eigenvalue weighted by molar-refractivity contribution is -0.111. The Balaban J connectivity index is 1.66. The molecule has 27 heavy (non-hydrogen) atoms. The number of hydrogen-bond acceptors (Lipinski definition) is 4. The minimum absolute atomic E-state index is 0.280. The second kappa shape index (κ2) is 9.08.